The summed E-state index contributed by atoms with van der Waals surface area (Å²) in [5.41, 5.74) is 1.06. The van der Waals surface area contributed by atoms with Crippen LogP contribution in [-0.2, 0) is 19.8 Å². The third-order valence-corrected chi connectivity index (χ3v) is 9.62. The lowest BCUT2D eigenvalue weighted by Gasteiger charge is -2.59. The standard InChI is InChI=1S/C32H49NO7/c1-7-13-21(14-8-2)30(36)40-28-18-22(31(3,4)15-11-9-10-12-16-39-33(37)38)17-27(35)29(28)23-19-26(34)25-20-24(23)32(25,5)6/h17-18,21,23-25,35H,7-16,19-20H2,1-6H3/t23-,24-,25+/m1/s1. The Morgan fingerprint density at radius 1 is 1.15 bits per heavy atom. The first-order chi connectivity index (χ1) is 18.8. The number of carbonyl (C=O) groups is 2. The Balaban J connectivity index is 1.87. The van der Waals surface area contributed by atoms with Crippen LogP contribution < -0.4 is 4.74 Å². The van der Waals surface area contributed by atoms with E-state index in [0.29, 0.717) is 24.2 Å². The summed E-state index contributed by atoms with van der Waals surface area (Å²) in [4.78, 5) is 41.1. The summed E-state index contributed by atoms with van der Waals surface area (Å²) in [5, 5.41) is 21.0. The van der Waals surface area contributed by atoms with Crippen molar-refractivity contribution in [2.75, 3.05) is 6.61 Å². The number of phenolic OH excluding ortho intramolecular Hbond substituents is 1. The van der Waals surface area contributed by atoms with Crippen LogP contribution in [0.5, 0.6) is 11.5 Å². The van der Waals surface area contributed by atoms with Crippen molar-refractivity contribution in [3.8, 4) is 11.5 Å². The number of esters is 1. The van der Waals surface area contributed by atoms with Crippen molar-refractivity contribution < 1.29 is 29.4 Å². The van der Waals surface area contributed by atoms with Gasteiger partial charge in [-0.1, -0.05) is 73.6 Å². The molecule has 224 valence electrons. The van der Waals surface area contributed by atoms with Gasteiger partial charge in [-0.2, -0.15) is 0 Å². The van der Waals surface area contributed by atoms with Crippen molar-refractivity contribution in [3.63, 3.8) is 0 Å². The number of phenols is 1. The normalized spacial score (nSPS) is 21.7. The number of ketones is 1. The highest BCUT2D eigenvalue weighted by atomic mass is 16.9. The quantitative estimate of drug-likeness (QED) is 0.0726. The van der Waals surface area contributed by atoms with Crippen LogP contribution in [0.15, 0.2) is 12.1 Å². The average molecular weight is 560 g/mol. The average Bonchev–Trinajstić information content (AvgIpc) is 2.86. The van der Waals surface area contributed by atoms with E-state index in [1.807, 2.05) is 6.07 Å². The SMILES string of the molecule is CCCC(CCC)C(=O)Oc1cc(C(C)(C)CCCCCCO[N+](=O)[O-])cc(O)c1[C@@H]1CC(=O)[C@@H]2C[C@H]1C2(C)C. The van der Waals surface area contributed by atoms with Gasteiger partial charge in [0.25, 0.3) is 5.09 Å². The van der Waals surface area contributed by atoms with E-state index in [1.54, 1.807) is 6.07 Å². The Labute approximate surface area is 239 Å². The molecule has 3 atom stereocenters. The minimum Gasteiger partial charge on any atom is -0.508 e. The number of benzene rings is 1. The zero-order valence-corrected chi connectivity index (χ0v) is 25.3. The smallest absolute Gasteiger partial charge is 0.314 e. The Bertz CT molecular complexity index is 1060. The van der Waals surface area contributed by atoms with Gasteiger partial charge < -0.3 is 14.7 Å². The molecule has 3 fully saturated rings. The van der Waals surface area contributed by atoms with Gasteiger partial charge in [0.2, 0.25) is 0 Å². The van der Waals surface area contributed by atoms with Gasteiger partial charge >= 0.3 is 5.97 Å². The lowest BCUT2D eigenvalue weighted by Crippen LogP contribution is -2.56. The van der Waals surface area contributed by atoms with Crippen LogP contribution in [0.4, 0.5) is 0 Å². The third kappa shape index (κ3) is 7.16. The molecule has 8 heteroatoms. The predicted octanol–water partition coefficient (Wildman–Crippen LogP) is 7.67. The van der Waals surface area contributed by atoms with Gasteiger partial charge in [-0.25, -0.2) is 0 Å². The Hall–Kier alpha value is -2.64. The summed E-state index contributed by atoms with van der Waals surface area (Å²) < 4.78 is 6.16. The van der Waals surface area contributed by atoms with Crippen molar-refractivity contribution in [2.45, 2.75) is 124 Å². The van der Waals surface area contributed by atoms with E-state index >= 15 is 0 Å². The van der Waals surface area contributed by atoms with Gasteiger partial charge in [-0.05, 0) is 66.5 Å². The highest BCUT2D eigenvalue weighted by Gasteiger charge is 2.59. The van der Waals surface area contributed by atoms with E-state index in [4.69, 9.17) is 4.74 Å². The van der Waals surface area contributed by atoms with Gasteiger partial charge in [-0.3, -0.25) is 9.59 Å². The van der Waals surface area contributed by atoms with Crippen LogP contribution in [0, 0.1) is 33.3 Å². The molecule has 0 unspecified atom stereocenters. The molecule has 0 radical (unpaired) electrons. The zero-order chi connectivity index (χ0) is 29.7. The first-order valence-corrected chi connectivity index (χ1v) is 15.2. The van der Waals surface area contributed by atoms with Crippen LogP contribution in [0.3, 0.4) is 0 Å². The summed E-state index contributed by atoms with van der Waals surface area (Å²) >= 11 is 0. The molecule has 0 amide bonds. The summed E-state index contributed by atoms with van der Waals surface area (Å²) in [5.74, 6) is 0.431. The molecule has 3 aliphatic rings. The molecular formula is C32H49NO7. The van der Waals surface area contributed by atoms with E-state index in [2.05, 4.69) is 46.4 Å². The van der Waals surface area contributed by atoms with E-state index in [-0.39, 0.29) is 58.6 Å². The van der Waals surface area contributed by atoms with Gasteiger partial charge in [-0.15, -0.1) is 10.1 Å². The van der Waals surface area contributed by atoms with Gasteiger partial charge in [0.05, 0.1) is 12.5 Å². The summed E-state index contributed by atoms with van der Waals surface area (Å²) in [7, 11) is 0. The van der Waals surface area contributed by atoms with Crippen molar-refractivity contribution in [1.82, 2.24) is 0 Å². The summed E-state index contributed by atoms with van der Waals surface area (Å²) in [6.45, 7) is 12.7. The maximum atomic E-state index is 13.4. The number of fused-ring (bicyclic) bond motifs is 2. The molecule has 40 heavy (non-hydrogen) atoms. The monoisotopic (exact) mass is 559 g/mol. The van der Waals surface area contributed by atoms with Gasteiger partial charge in [0, 0.05) is 23.8 Å². The maximum Gasteiger partial charge on any atom is 0.314 e. The number of nitrogens with zero attached hydrogens (tertiary/aromatic N) is 1. The van der Waals surface area contributed by atoms with Crippen molar-refractivity contribution in [1.29, 1.82) is 0 Å². The first kappa shape index (κ1) is 31.9. The third-order valence-electron chi connectivity index (χ3n) is 9.62. The van der Waals surface area contributed by atoms with Crippen LogP contribution in [0.1, 0.15) is 129 Å². The molecule has 0 aromatic heterocycles. The highest BCUT2D eigenvalue weighted by Crippen LogP contribution is 2.64. The summed E-state index contributed by atoms with van der Waals surface area (Å²) in [6, 6.07) is 3.73. The van der Waals surface area contributed by atoms with E-state index in [9.17, 15) is 24.8 Å². The molecule has 2 bridgehead atoms. The van der Waals surface area contributed by atoms with Crippen molar-refractivity contribution >= 4 is 11.8 Å². The largest absolute Gasteiger partial charge is 0.508 e. The zero-order valence-electron chi connectivity index (χ0n) is 25.3. The molecular weight excluding hydrogens is 510 g/mol. The molecule has 0 heterocycles. The van der Waals surface area contributed by atoms with E-state index in [0.717, 1.165) is 63.4 Å². The number of hydrogen-bond acceptors (Lipinski definition) is 7. The molecule has 3 saturated carbocycles. The Morgan fingerprint density at radius 2 is 1.80 bits per heavy atom. The molecule has 1 aromatic carbocycles. The predicted molar refractivity (Wildman–Crippen MR) is 154 cm³/mol. The molecule has 4 rings (SSSR count). The molecule has 1 aromatic rings. The van der Waals surface area contributed by atoms with Crippen LogP contribution in [-0.4, -0.2) is 28.6 Å². The number of unbranched alkanes of at least 4 members (excludes halogenated alkanes) is 3. The minimum atomic E-state index is -0.760. The minimum absolute atomic E-state index is 0.0738. The van der Waals surface area contributed by atoms with Crippen molar-refractivity contribution in [2.24, 2.45) is 23.2 Å². The van der Waals surface area contributed by atoms with E-state index in [1.165, 1.54) is 0 Å². The Morgan fingerprint density at radius 3 is 2.38 bits per heavy atom. The lowest BCUT2D eigenvalue weighted by atomic mass is 9.44. The molecule has 3 aliphatic carbocycles. The maximum absolute atomic E-state index is 13.4. The molecule has 0 aliphatic heterocycles. The van der Waals surface area contributed by atoms with E-state index < -0.39 is 5.09 Å². The van der Waals surface area contributed by atoms with Gasteiger partial charge in [0.1, 0.15) is 17.3 Å². The highest BCUT2D eigenvalue weighted by molar-refractivity contribution is 5.86. The topological polar surface area (TPSA) is 116 Å². The molecule has 8 nitrogen and oxygen atoms in total. The molecule has 0 saturated heterocycles. The number of ether oxygens (including phenoxy) is 1. The fraction of sp³-hybridized carbons (Fsp3) is 0.750. The van der Waals surface area contributed by atoms with Crippen molar-refractivity contribution in [3.05, 3.63) is 33.4 Å². The summed E-state index contributed by atoms with van der Waals surface area (Å²) in [6.07, 6.45) is 8.59. The fourth-order valence-electron chi connectivity index (χ4n) is 7.03. The molecule has 0 spiro atoms. The second-order valence-electron chi connectivity index (χ2n) is 13.2. The second kappa shape index (κ2) is 13.3. The second-order valence-corrected chi connectivity index (χ2v) is 13.2. The number of rotatable bonds is 16. The number of Topliss-reactive ketones (excluding diaryl/α,β-unsaturated/α-hetero) is 1. The van der Waals surface area contributed by atoms with Crippen LogP contribution in [0.25, 0.3) is 0 Å². The lowest BCUT2D eigenvalue weighted by molar-refractivity contribution is -0.757. The number of hydrogen-bond donors (Lipinski definition) is 1. The molecule has 1 N–H and O–H groups in total. The number of aromatic hydroxyl groups is 1. The fourth-order valence-corrected chi connectivity index (χ4v) is 7.03. The van der Waals surface area contributed by atoms with Crippen LogP contribution >= 0.6 is 0 Å². The van der Waals surface area contributed by atoms with Crippen LogP contribution in [0.2, 0.25) is 0 Å². The van der Waals surface area contributed by atoms with Gasteiger partial charge in [0.15, 0.2) is 0 Å². The Kier molecular flexibility index (Phi) is 10.6. The first-order valence-electron chi connectivity index (χ1n) is 15.2. The number of carbonyl (C=O) groups excluding carboxylic acids is 2.